The summed E-state index contributed by atoms with van der Waals surface area (Å²) in [5, 5.41) is 12.5. The second-order valence-electron chi connectivity index (χ2n) is 7.09. The molecule has 8 heteroatoms. The zero-order valence-corrected chi connectivity index (χ0v) is 17.4. The number of hydrogen-bond donors (Lipinski definition) is 2. The number of aromatic nitrogens is 1. The fourth-order valence-corrected chi connectivity index (χ4v) is 3.63. The molecule has 1 aliphatic heterocycles. The number of carboxylic acids is 1. The predicted octanol–water partition coefficient (Wildman–Crippen LogP) is 3.47. The first-order chi connectivity index (χ1) is 14.5. The first-order valence-electron chi connectivity index (χ1n) is 10.3. The summed E-state index contributed by atoms with van der Waals surface area (Å²) in [6.45, 7) is 6.58. The number of aromatic carboxylic acids is 1. The molecule has 2 N–H and O–H groups in total. The number of benzene rings is 1. The summed E-state index contributed by atoms with van der Waals surface area (Å²) in [6.07, 6.45) is 3.23. The molecule has 0 amide bonds. The van der Waals surface area contributed by atoms with E-state index in [1.165, 1.54) is 6.20 Å². The average molecular weight is 417 g/mol. The van der Waals surface area contributed by atoms with Crippen LogP contribution in [0.25, 0.3) is 0 Å². The third-order valence-corrected chi connectivity index (χ3v) is 5.06. The van der Waals surface area contributed by atoms with Crippen molar-refractivity contribution in [2.24, 2.45) is 0 Å². The number of hydrogen-bond acceptors (Lipinski definition) is 6. The Morgan fingerprint density at radius 3 is 2.33 bits per heavy atom. The van der Waals surface area contributed by atoms with Crippen LogP contribution in [-0.2, 0) is 6.54 Å². The fourth-order valence-electron chi connectivity index (χ4n) is 3.63. The lowest BCUT2D eigenvalue weighted by atomic mass is 10.0. The molecule has 1 fully saturated rings. The summed E-state index contributed by atoms with van der Waals surface area (Å²) in [5.41, 5.74) is 0.981. The van der Waals surface area contributed by atoms with E-state index in [0.29, 0.717) is 25.6 Å². The summed E-state index contributed by atoms with van der Waals surface area (Å²) < 4.78 is 25.6. The number of carboxylic acid groups (broad SMARTS) is 1. The molecule has 3 rings (SSSR count). The highest BCUT2D eigenvalue weighted by Crippen LogP contribution is 2.31. The largest absolute Gasteiger partial charge is 0.491 e. The molecule has 1 aromatic heterocycles. The molecular weight excluding hydrogens is 389 g/mol. The van der Waals surface area contributed by atoms with Crippen LogP contribution < -0.4 is 19.7 Å². The molecule has 0 atom stereocenters. The summed E-state index contributed by atoms with van der Waals surface area (Å²) in [6, 6.07) is 6.90. The molecular formula is C22H28FN3O4. The van der Waals surface area contributed by atoms with E-state index < -0.39 is 11.8 Å². The Morgan fingerprint density at radius 2 is 1.83 bits per heavy atom. The van der Waals surface area contributed by atoms with Gasteiger partial charge in [0, 0.05) is 18.8 Å². The summed E-state index contributed by atoms with van der Waals surface area (Å²) >= 11 is 0. The van der Waals surface area contributed by atoms with Gasteiger partial charge in [-0.2, -0.15) is 4.39 Å². The Labute approximate surface area is 175 Å². The summed E-state index contributed by atoms with van der Waals surface area (Å²) in [7, 11) is 0. The van der Waals surface area contributed by atoms with Crippen molar-refractivity contribution in [1.82, 2.24) is 10.3 Å². The van der Waals surface area contributed by atoms with Gasteiger partial charge < -0.3 is 24.8 Å². The number of nitrogens with zero attached hydrogens (tertiary/aromatic N) is 2. The minimum absolute atomic E-state index is 0.142. The normalized spacial score (nSPS) is 14.4. The number of piperidine rings is 1. The van der Waals surface area contributed by atoms with Crippen LogP contribution >= 0.6 is 0 Å². The maximum Gasteiger partial charge on any atom is 0.337 e. The van der Waals surface area contributed by atoms with Crippen LogP contribution in [0.4, 0.5) is 10.2 Å². The van der Waals surface area contributed by atoms with E-state index in [4.69, 9.17) is 14.6 Å². The Morgan fingerprint density at radius 1 is 1.20 bits per heavy atom. The number of pyridine rings is 1. The van der Waals surface area contributed by atoms with Crippen molar-refractivity contribution >= 4 is 11.8 Å². The molecule has 0 unspecified atom stereocenters. The van der Waals surface area contributed by atoms with Crippen molar-refractivity contribution in [2.45, 2.75) is 39.3 Å². The van der Waals surface area contributed by atoms with E-state index in [2.05, 4.69) is 15.2 Å². The van der Waals surface area contributed by atoms with Gasteiger partial charge in [-0.05, 0) is 69.6 Å². The minimum atomic E-state index is -1.01. The smallest absolute Gasteiger partial charge is 0.337 e. The maximum absolute atomic E-state index is 14.6. The van der Waals surface area contributed by atoms with Gasteiger partial charge in [0.25, 0.3) is 0 Å². The second kappa shape index (κ2) is 10.2. The van der Waals surface area contributed by atoms with Gasteiger partial charge in [0.05, 0.1) is 18.8 Å². The highest BCUT2D eigenvalue weighted by molar-refractivity contribution is 5.87. The third kappa shape index (κ3) is 5.18. The average Bonchev–Trinajstić information content (AvgIpc) is 2.76. The van der Waals surface area contributed by atoms with Crippen molar-refractivity contribution in [3.63, 3.8) is 0 Å². The first-order valence-corrected chi connectivity index (χ1v) is 10.3. The molecule has 0 saturated carbocycles. The van der Waals surface area contributed by atoms with Crippen LogP contribution in [0.3, 0.4) is 0 Å². The van der Waals surface area contributed by atoms with E-state index in [1.54, 1.807) is 24.3 Å². The highest BCUT2D eigenvalue weighted by Gasteiger charge is 2.24. The zero-order valence-electron chi connectivity index (χ0n) is 17.4. The lowest BCUT2D eigenvalue weighted by Gasteiger charge is -2.36. The molecule has 2 aromatic rings. The van der Waals surface area contributed by atoms with Crippen LogP contribution in [0.15, 0.2) is 30.5 Å². The number of halogens is 1. The van der Waals surface area contributed by atoms with Gasteiger partial charge in [0.15, 0.2) is 11.5 Å². The van der Waals surface area contributed by atoms with Gasteiger partial charge >= 0.3 is 5.97 Å². The van der Waals surface area contributed by atoms with Crippen molar-refractivity contribution < 1.29 is 23.8 Å². The van der Waals surface area contributed by atoms with E-state index in [9.17, 15) is 9.18 Å². The molecule has 7 nitrogen and oxygen atoms in total. The Hall–Kier alpha value is -2.87. The lowest BCUT2D eigenvalue weighted by molar-refractivity contribution is 0.0696. The zero-order chi connectivity index (χ0) is 21.5. The number of rotatable bonds is 9. The first kappa shape index (κ1) is 21.8. The Balaban J connectivity index is 1.95. The lowest BCUT2D eigenvalue weighted by Crippen LogP contribution is -2.43. The molecule has 0 bridgehead atoms. The Kier molecular flexibility index (Phi) is 7.46. The maximum atomic E-state index is 14.6. The second-order valence-corrected chi connectivity index (χ2v) is 7.09. The van der Waals surface area contributed by atoms with Gasteiger partial charge in [0.1, 0.15) is 5.82 Å². The van der Waals surface area contributed by atoms with Crippen molar-refractivity contribution in [2.75, 3.05) is 31.2 Å². The monoisotopic (exact) mass is 417 g/mol. The quantitative estimate of drug-likeness (QED) is 0.646. The SMILES string of the molecule is CCOc1cc(CN(c2ccc(C(=O)O)cn2)C2CCNCC2)cc(OCC)c1F. The van der Waals surface area contributed by atoms with Crippen molar-refractivity contribution in [3.05, 3.63) is 47.4 Å². The highest BCUT2D eigenvalue weighted by atomic mass is 19.1. The van der Waals surface area contributed by atoms with Crippen LogP contribution in [0.5, 0.6) is 11.5 Å². The van der Waals surface area contributed by atoms with Gasteiger partial charge in [-0.1, -0.05) is 0 Å². The predicted molar refractivity (Wildman–Crippen MR) is 112 cm³/mol. The van der Waals surface area contributed by atoms with Crippen LogP contribution in [0.2, 0.25) is 0 Å². The Bertz CT molecular complexity index is 827. The number of carbonyl (C=O) groups is 1. The molecule has 2 heterocycles. The summed E-state index contributed by atoms with van der Waals surface area (Å²) in [4.78, 5) is 17.7. The molecule has 0 radical (unpaired) electrons. The van der Waals surface area contributed by atoms with Gasteiger partial charge in [-0.25, -0.2) is 9.78 Å². The molecule has 1 saturated heterocycles. The number of ether oxygens (including phenoxy) is 2. The third-order valence-electron chi connectivity index (χ3n) is 5.06. The molecule has 0 aliphatic carbocycles. The molecule has 0 spiro atoms. The van der Waals surface area contributed by atoms with Gasteiger partial charge in [-0.3, -0.25) is 0 Å². The van der Waals surface area contributed by atoms with E-state index in [0.717, 1.165) is 31.5 Å². The number of anilines is 1. The standard InChI is InChI=1S/C22H28FN3O4/c1-3-29-18-11-15(12-19(21(18)23)30-4-2)14-26(17-7-9-24-10-8-17)20-6-5-16(13-25-20)22(27)28/h5-6,11-13,17,24H,3-4,7-10,14H2,1-2H3,(H,27,28). The summed E-state index contributed by atoms with van der Waals surface area (Å²) in [5.74, 6) is -0.494. The van der Waals surface area contributed by atoms with Crippen LogP contribution in [-0.4, -0.2) is 48.4 Å². The molecule has 30 heavy (non-hydrogen) atoms. The van der Waals surface area contributed by atoms with Gasteiger partial charge in [-0.15, -0.1) is 0 Å². The molecule has 1 aliphatic rings. The van der Waals surface area contributed by atoms with E-state index >= 15 is 0 Å². The van der Waals surface area contributed by atoms with Crippen molar-refractivity contribution in [3.8, 4) is 11.5 Å². The molecule has 1 aromatic carbocycles. The van der Waals surface area contributed by atoms with Crippen LogP contribution in [0.1, 0.15) is 42.6 Å². The number of nitrogens with one attached hydrogen (secondary N) is 1. The molecule has 162 valence electrons. The van der Waals surface area contributed by atoms with Crippen molar-refractivity contribution in [1.29, 1.82) is 0 Å². The van der Waals surface area contributed by atoms with Gasteiger partial charge in [0.2, 0.25) is 5.82 Å². The van der Waals surface area contributed by atoms with E-state index in [1.807, 2.05) is 13.8 Å². The topological polar surface area (TPSA) is 83.9 Å². The minimum Gasteiger partial charge on any atom is -0.491 e. The van der Waals surface area contributed by atoms with Crippen LogP contribution in [0, 0.1) is 5.82 Å². The van der Waals surface area contributed by atoms with E-state index in [-0.39, 0.29) is 23.1 Å². The fraction of sp³-hybridized carbons (Fsp3) is 0.455.